The summed E-state index contributed by atoms with van der Waals surface area (Å²) >= 11 is 0. The second kappa shape index (κ2) is 8.29. The van der Waals surface area contributed by atoms with E-state index in [0.717, 1.165) is 44.9 Å². The van der Waals surface area contributed by atoms with E-state index in [4.69, 9.17) is 5.11 Å². The van der Waals surface area contributed by atoms with Crippen LogP contribution in [0.2, 0.25) is 0 Å². The quantitative estimate of drug-likeness (QED) is 0.520. The summed E-state index contributed by atoms with van der Waals surface area (Å²) in [6.45, 7) is 8.96. The van der Waals surface area contributed by atoms with E-state index in [-0.39, 0.29) is 53.1 Å². The van der Waals surface area contributed by atoms with Crippen molar-refractivity contribution in [2.24, 2.45) is 52.3 Å². The zero-order valence-electron chi connectivity index (χ0n) is 19.8. The molecule has 0 spiro atoms. The number of carboxylic acid groups (broad SMARTS) is 1. The first-order valence-corrected chi connectivity index (χ1v) is 12.8. The Balaban J connectivity index is 1.66. The molecule has 0 aliphatic heterocycles. The largest absolute Gasteiger partial charge is 0.481 e. The highest BCUT2D eigenvalue weighted by Gasteiger charge is 2.67. The van der Waals surface area contributed by atoms with Gasteiger partial charge in [-0.3, -0.25) is 4.79 Å². The van der Waals surface area contributed by atoms with Crippen LogP contribution >= 0.6 is 0 Å². The second-order valence-corrected chi connectivity index (χ2v) is 12.1. The molecule has 0 aromatic heterocycles. The van der Waals surface area contributed by atoms with E-state index < -0.39 is 12.1 Å². The molecule has 0 heterocycles. The van der Waals surface area contributed by atoms with Gasteiger partial charge >= 0.3 is 5.97 Å². The number of aliphatic hydroxyl groups is 3. The van der Waals surface area contributed by atoms with E-state index in [0.29, 0.717) is 24.2 Å². The summed E-state index contributed by atoms with van der Waals surface area (Å²) in [5.74, 6) is 1.13. The lowest BCUT2D eigenvalue weighted by molar-refractivity contribution is -0.228. The van der Waals surface area contributed by atoms with Gasteiger partial charge in [-0.25, -0.2) is 0 Å². The maximum Gasteiger partial charge on any atom is 0.303 e. The number of rotatable bonds is 5. The van der Waals surface area contributed by atoms with Gasteiger partial charge in [-0.1, -0.05) is 34.1 Å². The lowest BCUT2D eigenvalue weighted by Crippen LogP contribution is -2.65. The van der Waals surface area contributed by atoms with Gasteiger partial charge in [-0.15, -0.1) is 0 Å². The lowest BCUT2D eigenvalue weighted by Gasteiger charge is -2.65. The van der Waals surface area contributed by atoms with Gasteiger partial charge in [0.05, 0.1) is 18.3 Å². The van der Waals surface area contributed by atoms with Crippen LogP contribution in [-0.4, -0.2) is 44.7 Å². The molecule has 0 radical (unpaired) electrons. The van der Waals surface area contributed by atoms with E-state index in [1.54, 1.807) is 0 Å². The van der Waals surface area contributed by atoms with E-state index in [1.165, 1.54) is 0 Å². The van der Waals surface area contributed by atoms with Crippen LogP contribution < -0.4 is 0 Å². The van der Waals surface area contributed by atoms with Crippen LogP contribution in [0.1, 0.15) is 85.5 Å². The first kappa shape index (κ1) is 23.5. The Morgan fingerprint density at radius 1 is 1.03 bits per heavy atom. The molecule has 4 fully saturated rings. The maximum atomic E-state index is 11.7. The van der Waals surface area contributed by atoms with Crippen molar-refractivity contribution in [3.63, 3.8) is 0 Å². The van der Waals surface area contributed by atoms with Crippen molar-refractivity contribution >= 4 is 5.97 Å². The number of carbonyl (C=O) groups is 1. The maximum absolute atomic E-state index is 11.7. The Labute approximate surface area is 187 Å². The highest BCUT2D eigenvalue weighted by molar-refractivity contribution is 5.66. The number of carboxylic acids is 1. The van der Waals surface area contributed by atoms with Crippen LogP contribution in [0.15, 0.2) is 0 Å². The number of hydrogen-bond donors (Lipinski definition) is 4. The van der Waals surface area contributed by atoms with Crippen molar-refractivity contribution in [1.82, 2.24) is 0 Å². The topological polar surface area (TPSA) is 98.0 Å². The minimum atomic E-state index is -0.747. The third-order valence-electron chi connectivity index (χ3n) is 11.1. The van der Waals surface area contributed by atoms with Crippen LogP contribution in [0, 0.1) is 52.3 Å². The summed E-state index contributed by atoms with van der Waals surface area (Å²) in [6.07, 6.45) is 6.09. The summed E-state index contributed by atoms with van der Waals surface area (Å²) < 4.78 is 0. The molecule has 12 atom stereocenters. The zero-order chi connectivity index (χ0) is 22.7. The van der Waals surface area contributed by atoms with Crippen LogP contribution in [0.4, 0.5) is 0 Å². The summed E-state index contributed by atoms with van der Waals surface area (Å²) in [4.78, 5) is 11.1. The van der Waals surface area contributed by atoms with Gasteiger partial charge in [-0.2, -0.15) is 0 Å². The van der Waals surface area contributed by atoms with E-state index in [9.17, 15) is 20.1 Å². The Bertz CT molecular complexity index is 681. The van der Waals surface area contributed by atoms with Crippen LogP contribution in [0.5, 0.6) is 0 Å². The molecule has 0 aromatic rings. The molecule has 31 heavy (non-hydrogen) atoms. The fourth-order valence-electron chi connectivity index (χ4n) is 9.44. The normalized spacial score (nSPS) is 52.7. The Kier molecular flexibility index (Phi) is 6.28. The molecule has 6 unspecified atom stereocenters. The van der Waals surface area contributed by atoms with Gasteiger partial charge in [0.25, 0.3) is 0 Å². The van der Waals surface area contributed by atoms with Crippen molar-refractivity contribution < 1.29 is 25.2 Å². The van der Waals surface area contributed by atoms with E-state index in [1.807, 2.05) is 0 Å². The minimum Gasteiger partial charge on any atom is -0.481 e. The van der Waals surface area contributed by atoms with Crippen molar-refractivity contribution in [3.8, 4) is 0 Å². The molecule has 4 aliphatic rings. The van der Waals surface area contributed by atoms with Crippen molar-refractivity contribution in [2.45, 2.75) is 104 Å². The lowest BCUT2D eigenvalue weighted by atomic mass is 9.41. The molecule has 5 nitrogen and oxygen atoms in total. The summed E-state index contributed by atoms with van der Waals surface area (Å²) in [7, 11) is 0. The van der Waals surface area contributed by atoms with Gasteiger partial charge in [0, 0.05) is 6.42 Å². The molecule has 4 aliphatic carbocycles. The first-order chi connectivity index (χ1) is 14.6. The summed E-state index contributed by atoms with van der Waals surface area (Å²) in [6, 6.07) is 0. The fourth-order valence-corrected chi connectivity index (χ4v) is 9.44. The molecule has 0 saturated heterocycles. The average molecular weight is 437 g/mol. The Morgan fingerprint density at radius 2 is 1.74 bits per heavy atom. The minimum absolute atomic E-state index is 0.0686. The van der Waals surface area contributed by atoms with Gasteiger partial charge in [-0.05, 0) is 97.2 Å². The predicted molar refractivity (Wildman–Crippen MR) is 119 cm³/mol. The second-order valence-electron chi connectivity index (χ2n) is 12.1. The fraction of sp³-hybridized carbons (Fsp3) is 0.962. The standard InChI is InChI=1S/C26H44O5/c1-5-16-19-12-15(27)10-11-25(19,3)20-13-21(28)26(4)17(14(2)6-9-22(29)30)7-8-18(26)23(20)24(16)31/h14-21,23-24,27-28,31H,5-13H2,1-4H3,(H,29,30)/t14?,15-,16-,17?,18?,19+,20?,21+,23?,24?,25+,26-/m1/s1. The number of hydrogen-bond acceptors (Lipinski definition) is 4. The summed E-state index contributed by atoms with van der Waals surface area (Å²) in [5, 5.41) is 42.9. The predicted octanol–water partition coefficient (Wildman–Crippen LogP) is 4.08. The van der Waals surface area contributed by atoms with Gasteiger partial charge in [0.15, 0.2) is 0 Å². The van der Waals surface area contributed by atoms with Crippen LogP contribution in [0.3, 0.4) is 0 Å². The first-order valence-electron chi connectivity index (χ1n) is 12.8. The summed E-state index contributed by atoms with van der Waals surface area (Å²) in [5.41, 5.74) is -0.186. The van der Waals surface area contributed by atoms with Crippen LogP contribution in [0.25, 0.3) is 0 Å². The monoisotopic (exact) mass is 436 g/mol. The van der Waals surface area contributed by atoms with Crippen molar-refractivity contribution in [3.05, 3.63) is 0 Å². The van der Waals surface area contributed by atoms with Gasteiger partial charge < -0.3 is 20.4 Å². The third kappa shape index (κ3) is 3.49. The van der Waals surface area contributed by atoms with Crippen molar-refractivity contribution in [1.29, 1.82) is 0 Å². The highest BCUT2D eigenvalue weighted by atomic mass is 16.4. The molecule has 5 heteroatoms. The molecular formula is C26H44O5. The Morgan fingerprint density at radius 3 is 2.39 bits per heavy atom. The van der Waals surface area contributed by atoms with Gasteiger partial charge in [0.2, 0.25) is 0 Å². The third-order valence-corrected chi connectivity index (χ3v) is 11.1. The van der Waals surface area contributed by atoms with E-state index in [2.05, 4.69) is 27.7 Å². The molecule has 4 N–H and O–H groups in total. The molecule has 0 amide bonds. The number of fused-ring (bicyclic) bond motifs is 5. The molecule has 178 valence electrons. The smallest absolute Gasteiger partial charge is 0.303 e. The molecule has 0 bridgehead atoms. The molecule has 0 aromatic carbocycles. The molecule has 4 saturated carbocycles. The average Bonchev–Trinajstić information content (AvgIpc) is 3.07. The molecular weight excluding hydrogens is 392 g/mol. The van der Waals surface area contributed by atoms with Crippen LogP contribution in [-0.2, 0) is 4.79 Å². The Hall–Kier alpha value is -0.650. The van der Waals surface area contributed by atoms with Crippen molar-refractivity contribution in [2.75, 3.05) is 0 Å². The zero-order valence-corrected chi connectivity index (χ0v) is 19.8. The van der Waals surface area contributed by atoms with Gasteiger partial charge in [0.1, 0.15) is 0 Å². The number of aliphatic hydroxyl groups excluding tert-OH is 3. The SMILES string of the molecule is CC[C@H]1C(O)C2C3CCC(C(C)CCC(=O)O)[C@@]3(C)[C@@H](O)CC2[C@@]2(C)CC[C@@H](O)C[C@@H]12. The number of aliphatic carboxylic acids is 1. The van der Waals surface area contributed by atoms with E-state index >= 15 is 0 Å². The highest BCUT2D eigenvalue weighted by Crippen LogP contribution is 2.69. The molecule has 4 rings (SSSR count).